The van der Waals surface area contributed by atoms with Gasteiger partial charge in [-0.2, -0.15) is 0 Å². The van der Waals surface area contributed by atoms with Crippen LogP contribution in [-0.4, -0.2) is 30.9 Å². The predicted molar refractivity (Wildman–Crippen MR) is 89.7 cm³/mol. The number of tetrazole rings is 1. The number of carbonyl (C=O) groups excluding carboxylic acids is 1. The molecule has 1 aromatic heterocycles. The number of aromatic nitrogens is 4. The molecule has 1 saturated heterocycles. The van der Waals surface area contributed by atoms with Gasteiger partial charge >= 0.3 is 0 Å². The van der Waals surface area contributed by atoms with Crippen LogP contribution < -0.4 is 5.32 Å². The molecule has 2 heterocycles. The third kappa shape index (κ3) is 3.12. The largest absolute Gasteiger partial charge is 0.307 e. The van der Waals surface area contributed by atoms with Crippen LogP contribution in [0, 0.1) is 0 Å². The van der Waals surface area contributed by atoms with E-state index in [4.69, 9.17) is 12.2 Å². The second-order valence-corrected chi connectivity index (χ2v) is 6.25. The highest BCUT2D eigenvalue weighted by atomic mass is 32.2. The molecule has 22 heavy (non-hydrogen) atoms. The Hall–Kier alpha value is -2.32. The first-order valence-corrected chi connectivity index (χ1v) is 7.62. The van der Waals surface area contributed by atoms with E-state index in [-0.39, 0.29) is 5.91 Å². The molecule has 1 aliphatic rings. The summed E-state index contributed by atoms with van der Waals surface area (Å²) in [7, 11) is 0. The van der Waals surface area contributed by atoms with E-state index in [1.54, 1.807) is 0 Å². The first-order valence-electron chi connectivity index (χ1n) is 6.40. The van der Waals surface area contributed by atoms with Crippen molar-refractivity contribution in [3.63, 3.8) is 0 Å². The predicted octanol–water partition coefficient (Wildman–Crippen LogP) is 2.30. The summed E-state index contributed by atoms with van der Waals surface area (Å²) in [6.07, 6.45) is 3.85. The maximum atomic E-state index is 11.7. The Morgan fingerprint density at radius 2 is 2.09 bits per heavy atom. The van der Waals surface area contributed by atoms with Gasteiger partial charge in [0.05, 0.1) is 4.91 Å². The highest BCUT2D eigenvalue weighted by molar-refractivity contribution is 8.26. The highest BCUT2D eigenvalue weighted by Crippen LogP contribution is 2.27. The first kappa shape index (κ1) is 14.6. The number of thiocarbonyl (C=S) groups is 1. The number of benzene rings is 1. The number of thioether (sulfide) groups is 1. The summed E-state index contributed by atoms with van der Waals surface area (Å²) in [4.78, 5) is 12.3. The van der Waals surface area contributed by atoms with Crippen molar-refractivity contribution in [3.8, 4) is 11.4 Å². The van der Waals surface area contributed by atoms with Crippen LogP contribution in [0.2, 0.25) is 0 Å². The number of allylic oxidation sites excluding steroid dienone is 2. The number of hydrogen-bond donors (Lipinski definition) is 2. The summed E-state index contributed by atoms with van der Waals surface area (Å²) in [6, 6.07) is 7.77. The smallest absolute Gasteiger partial charge is 0.263 e. The summed E-state index contributed by atoms with van der Waals surface area (Å²) in [5.74, 6) is 0.492. The van der Waals surface area contributed by atoms with Gasteiger partial charge in [-0.25, -0.2) is 5.10 Å². The molecule has 2 N–H and O–H groups in total. The summed E-state index contributed by atoms with van der Waals surface area (Å²) < 4.78 is 0.498. The van der Waals surface area contributed by atoms with E-state index in [0.717, 1.165) is 16.7 Å². The number of hydrogen-bond acceptors (Lipinski definition) is 6. The normalized spacial score (nSPS) is 17.1. The minimum absolute atomic E-state index is 0.134. The van der Waals surface area contributed by atoms with Gasteiger partial charge in [-0.15, -0.1) is 5.10 Å². The van der Waals surface area contributed by atoms with Gasteiger partial charge in [0.25, 0.3) is 5.91 Å². The van der Waals surface area contributed by atoms with Crippen molar-refractivity contribution in [2.45, 2.75) is 6.92 Å². The lowest BCUT2D eigenvalue weighted by Gasteiger charge is -1.99. The molecule has 0 unspecified atom stereocenters. The minimum Gasteiger partial charge on any atom is -0.307 e. The molecule has 1 aliphatic heterocycles. The SMILES string of the molecule is CC(C=Cc1ccc(-c2nnn[nH]2)cc1)=C1SC(=S)NC1=O. The third-order valence-corrected chi connectivity index (χ3v) is 4.38. The zero-order valence-corrected chi connectivity index (χ0v) is 13.2. The molecular weight excluding hydrogens is 318 g/mol. The lowest BCUT2D eigenvalue weighted by molar-refractivity contribution is -0.115. The van der Waals surface area contributed by atoms with Crippen molar-refractivity contribution in [1.29, 1.82) is 0 Å². The fourth-order valence-corrected chi connectivity index (χ4v) is 2.95. The van der Waals surface area contributed by atoms with Crippen molar-refractivity contribution in [2.24, 2.45) is 0 Å². The van der Waals surface area contributed by atoms with Crippen LogP contribution in [0.3, 0.4) is 0 Å². The second-order valence-electron chi connectivity index (χ2n) is 4.56. The van der Waals surface area contributed by atoms with Gasteiger partial charge in [0.15, 0.2) is 5.82 Å². The number of H-pyrrole nitrogens is 1. The Balaban J connectivity index is 1.77. The van der Waals surface area contributed by atoms with Gasteiger partial charge in [0.2, 0.25) is 0 Å². The van der Waals surface area contributed by atoms with E-state index < -0.39 is 0 Å². The molecule has 6 nitrogen and oxygen atoms in total. The molecule has 1 fully saturated rings. The molecule has 8 heteroatoms. The third-order valence-electron chi connectivity index (χ3n) is 3.03. The van der Waals surface area contributed by atoms with Crippen molar-refractivity contribution in [1.82, 2.24) is 25.9 Å². The second kappa shape index (κ2) is 6.20. The molecule has 0 radical (unpaired) electrons. The van der Waals surface area contributed by atoms with Gasteiger partial charge in [-0.3, -0.25) is 4.79 Å². The highest BCUT2D eigenvalue weighted by Gasteiger charge is 2.23. The van der Waals surface area contributed by atoms with E-state index >= 15 is 0 Å². The van der Waals surface area contributed by atoms with Gasteiger partial charge < -0.3 is 5.32 Å². The Morgan fingerprint density at radius 3 is 2.68 bits per heavy atom. The van der Waals surface area contributed by atoms with Crippen LogP contribution in [0.15, 0.2) is 40.8 Å². The van der Waals surface area contributed by atoms with Crippen molar-refractivity contribution < 1.29 is 4.79 Å². The molecule has 1 aromatic carbocycles. The van der Waals surface area contributed by atoms with Crippen molar-refractivity contribution >= 4 is 40.3 Å². The molecule has 0 spiro atoms. The molecule has 110 valence electrons. The number of nitrogens with one attached hydrogen (secondary N) is 2. The van der Waals surface area contributed by atoms with E-state index in [0.29, 0.717) is 15.1 Å². The van der Waals surface area contributed by atoms with Crippen LogP contribution >= 0.6 is 24.0 Å². The van der Waals surface area contributed by atoms with Crippen molar-refractivity contribution in [2.75, 3.05) is 0 Å². The van der Waals surface area contributed by atoms with E-state index in [1.807, 2.05) is 43.3 Å². The maximum Gasteiger partial charge on any atom is 0.263 e. The molecule has 0 atom stereocenters. The van der Waals surface area contributed by atoms with E-state index in [9.17, 15) is 4.79 Å². The average Bonchev–Trinajstić information content (AvgIpc) is 3.15. The zero-order chi connectivity index (χ0) is 15.5. The number of amides is 1. The summed E-state index contributed by atoms with van der Waals surface area (Å²) in [6.45, 7) is 1.89. The monoisotopic (exact) mass is 329 g/mol. The topological polar surface area (TPSA) is 83.6 Å². The zero-order valence-electron chi connectivity index (χ0n) is 11.5. The van der Waals surface area contributed by atoms with Gasteiger partial charge in [0, 0.05) is 5.56 Å². The van der Waals surface area contributed by atoms with Gasteiger partial charge in [0.1, 0.15) is 4.32 Å². The molecule has 0 bridgehead atoms. The minimum atomic E-state index is -0.134. The number of rotatable bonds is 3. The fraction of sp³-hybridized carbons (Fsp3) is 0.0714. The molecule has 0 aliphatic carbocycles. The first-order chi connectivity index (χ1) is 10.6. The van der Waals surface area contributed by atoms with Gasteiger partial charge in [-0.1, -0.05) is 60.4 Å². The lowest BCUT2D eigenvalue weighted by Crippen LogP contribution is -2.18. The summed E-state index contributed by atoms with van der Waals surface area (Å²) in [5.41, 5.74) is 2.81. The molecule has 0 saturated carbocycles. The molecule has 1 amide bonds. The van der Waals surface area contributed by atoms with Crippen molar-refractivity contribution in [3.05, 3.63) is 46.4 Å². The Morgan fingerprint density at radius 1 is 1.32 bits per heavy atom. The van der Waals surface area contributed by atoms with Crippen LogP contribution in [0.4, 0.5) is 0 Å². The van der Waals surface area contributed by atoms with Crippen LogP contribution in [-0.2, 0) is 4.79 Å². The Labute approximate surface area is 136 Å². The number of nitrogens with zero attached hydrogens (tertiary/aromatic N) is 3. The summed E-state index contributed by atoms with van der Waals surface area (Å²) in [5, 5.41) is 16.3. The van der Waals surface area contributed by atoms with Crippen LogP contribution in [0.1, 0.15) is 12.5 Å². The molecule has 2 aromatic rings. The average molecular weight is 329 g/mol. The van der Waals surface area contributed by atoms with Crippen LogP contribution in [0.25, 0.3) is 17.5 Å². The lowest BCUT2D eigenvalue weighted by atomic mass is 10.1. The molecular formula is C14H11N5OS2. The quantitative estimate of drug-likeness (QED) is 0.664. The standard InChI is InChI=1S/C14H11N5OS2/c1-8(11-13(20)15-14(21)22-11)2-3-9-4-6-10(7-5-9)12-16-18-19-17-12/h2-7H,1H3,(H,15,20,21)(H,16,17,18,19). The molecule has 3 rings (SSSR count). The summed E-state index contributed by atoms with van der Waals surface area (Å²) >= 11 is 6.27. The van der Waals surface area contributed by atoms with Crippen LogP contribution in [0.5, 0.6) is 0 Å². The Bertz CT molecular complexity index is 778. The maximum absolute atomic E-state index is 11.7. The van der Waals surface area contributed by atoms with E-state index in [2.05, 4.69) is 25.9 Å². The van der Waals surface area contributed by atoms with E-state index in [1.165, 1.54) is 11.8 Å². The van der Waals surface area contributed by atoms with Gasteiger partial charge in [-0.05, 0) is 28.5 Å². The number of aromatic amines is 1. The Kier molecular flexibility index (Phi) is 4.12. The number of carbonyl (C=O) groups is 1. The fourth-order valence-electron chi connectivity index (χ4n) is 1.90.